The molecule has 1 aliphatic rings. The standard InChI is InChI=1S/C4H5NO3S/c6-3(7)2-1-5-4(8)9-2/h2H,1H2,(H,5,8)(H,6,7)/t2-/m1/s1. The van der Waals surface area contributed by atoms with E-state index < -0.39 is 11.2 Å². The number of carbonyl (C=O) groups excluding carboxylic acids is 1. The normalized spacial score (nSPS) is 25.8. The number of nitrogens with one attached hydrogen (secondary N) is 1. The minimum atomic E-state index is -0.932. The molecule has 1 fully saturated rings. The highest BCUT2D eigenvalue weighted by Crippen LogP contribution is 2.16. The van der Waals surface area contributed by atoms with Crippen molar-refractivity contribution in [3.63, 3.8) is 0 Å². The number of aliphatic carboxylic acids is 1. The average Bonchev–Trinajstić information content (AvgIpc) is 2.14. The molecule has 0 unspecified atom stereocenters. The van der Waals surface area contributed by atoms with Crippen molar-refractivity contribution in [2.24, 2.45) is 0 Å². The Kier molecular flexibility index (Phi) is 1.61. The molecule has 1 saturated heterocycles. The first-order valence-electron chi connectivity index (χ1n) is 2.37. The van der Waals surface area contributed by atoms with Gasteiger partial charge >= 0.3 is 5.97 Å². The second-order valence-electron chi connectivity index (χ2n) is 1.61. The van der Waals surface area contributed by atoms with Crippen LogP contribution >= 0.6 is 11.8 Å². The number of carboxylic acids is 1. The molecular weight excluding hydrogens is 142 g/mol. The lowest BCUT2D eigenvalue weighted by atomic mass is 10.4. The summed E-state index contributed by atoms with van der Waals surface area (Å²) < 4.78 is 0. The molecule has 1 heterocycles. The third-order valence-electron chi connectivity index (χ3n) is 0.957. The van der Waals surface area contributed by atoms with E-state index >= 15 is 0 Å². The van der Waals surface area contributed by atoms with Crippen LogP contribution in [0.25, 0.3) is 0 Å². The van der Waals surface area contributed by atoms with E-state index in [2.05, 4.69) is 5.32 Å². The van der Waals surface area contributed by atoms with Crippen LogP contribution in [0.2, 0.25) is 0 Å². The zero-order chi connectivity index (χ0) is 6.85. The first-order chi connectivity index (χ1) is 4.20. The lowest BCUT2D eigenvalue weighted by molar-refractivity contribution is -0.136. The first-order valence-corrected chi connectivity index (χ1v) is 3.25. The SMILES string of the molecule is O=C1NC[C@H](C(=O)O)S1. The fourth-order valence-electron chi connectivity index (χ4n) is 0.526. The molecule has 0 aromatic rings. The van der Waals surface area contributed by atoms with Gasteiger partial charge in [0.05, 0.1) is 0 Å². The summed E-state index contributed by atoms with van der Waals surface area (Å²) in [5, 5.41) is 9.88. The van der Waals surface area contributed by atoms with Gasteiger partial charge in [-0.05, 0) is 11.8 Å². The Morgan fingerprint density at radius 3 is 2.78 bits per heavy atom. The number of thioether (sulfide) groups is 1. The van der Waals surface area contributed by atoms with Gasteiger partial charge in [-0.15, -0.1) is 0 Å². The lowest BCUT2D eigenvalue weighted by Gasteiger charge is -1.94. The van der Waals surface area contributed by atoms with Crippen molar-refractivity contribution in [2.75, 3.05) is 6.54 Å². The predicted molar refractivity (Wildman–Crippen MR) is 32.4 cm³/mol. The number of carbonyl (C=O) groups is 2. The Labute approximate surface area is 55.6 Å². The van der Waals surface area contributed by atoms with E-state index in [0.717, 1.165) is 11.8 Å². The van der Waals surface area contributed by atoms with Crippen molar-refractivity contribution in [3.8, 4) is 0 Å². The van der Waals surface area contributed by atoms with Gasteiger partial charge in [0, 0.05) is 6.54 Å². The maximum Gasteiger partial charge on any atom is 0.318 e. The lowest BCUT2D eigenvalue weighted by Crippen LogP contribution is -2.21. The molecule has 5 heteroatoms. The number of rotatable bonds is 1. The molecule has 1 rings (SSSR count). The Morgan fingerprint density at radius 2 is 2.56 bits per heavy atom. The van der Waals surface area contributed by atoms with E-state index in [4.69, 9.17) is 5.11 Å². The van der Waals surface area contributed by atoms with Crippen molar-refractivity contribution < 1.29 is 14.7 Å². The number of amides is 1. The molecule has 50 valence electrons. The molecule has 0 saturated carbocycles. The van der Waals surface area contributed by atoms with Gasteiger partial charge in [0.25, 0.3) is 5.24 Å². The van der Waals surface area contributed by atoms with Crippen LogP contribution in [0.15, 0.2) is 0 Å². The van der Waals surface area contributed by atoms with Crippen LogP contribution in [-0.4, -0.2) is 28.1 Å². The van der Waals surface area contributed by atoms with Crippen molar-refractivity contribution in [2.45, 2.75) is 5.25 Å². The zero-order valence-corrected chi connectivity index (χ0v) is 5.27. The fourth-order valence-corrected chi connectivity index (χ4v) is 1.22. The Balaban J connectivity index is 2.48. The van der Waals surface area contributed by atoms with Crippen molar-refractivity contribution in [3.05, 3.63) is 0 Å². The molecule has 1 aliphatic heterocycles. The summed E-state index contributed by atoms with van der Waals surface area (Å²) >= 11 is 0.824. The van der Waals surface area contributed by atoms with Crippen LogP contribution in [0.3, 0.4) is 0 Å². The van der Waals surface area contributed by atoms with E-state index in [1.54, 1.807) is 0 Å². The van der Waals surface area contributed by atoms with Gasteiger partial charge in [0.15, 0.2) is 0 Å². The summed E-state index contributed by atoms with van der Waals surface area (Å²) in [5.41, 5.74) is 0. The molecule has 4 nitrogen and oxygen atoms in total. The van der Waals surface area contributed by atoms with Gasteiger partial charge in [-0.2, -0.15) is 0 Å². The van der Waals surface area contributed by atoms with Crippen LogP contribution in [0.4, 0.5) is 4.79 Å². The summed E-state index contributed by atoms with van der Waals surface area (Å²) in [5.74, 6) is -0.932. The summed E-state index contributed by atoms with van der Waals surface area (Å²) in [6.45, 7) is 0.249. The molecule has 0 aliphatic carbocycles. The van der Waals surface area contributed by atoms with Crippen LogP contribution in [0.1, 0.15) is 0 Å². The summed E-state index contributed by atoms with van der Waals surface area (Å²) in [6.07, 6.45) is 0. The molecule has 0 aromatic carbocycles. The van der Waals surface area contributed by atoms with Crippen LogP contribution in [-0.2, 0) is 4.79 Å². The second kappa shape index (κ2) is 2.26. The zero-order valence-electron chi connectivity index (χ0n) is 4.46. The van der Waals surface area contributed by atoms with Gasteiger partial charge in [-0.3, -0.25) is 9.59 Å². The average molecular weight is 147 g/mol. The number of hydrogen-bond donors (Lipinski definition) is 2. The van der Waals surface area contributed by atoms with E-state index in [1.807, 2.05) is 0 Å². The van der Waals surface area contributed by atoms with Gasteiger partial charge in [0.1, 0.15) is 5.25 Å². The second-order valence-corrected chi connectivity index (χ2v) is 2.79. The summed E-state index contributed by atoms with van der Waals surface area (Å²) in [4.78, 5) is 20.5. The largest absolute Gasteiger partial charge is 0.480 e. The molecule has 0 spiro atoms. The molecule has 9 heavy (non-hydrogen) atoms. The van der Waals surface area contributed by atoms with Crippen molar-refractivity contribution >= 4 is 23.0 Å². The Hall–Kier alpha value is -0.710. The van der Waals surface area contributed by atoms with E-state index in [0.29, 0.717) is 0 Å². The minimum Gasteiger partial charge on any atom is -0.480 e. The molecule has 0 radical (unpaired) electrons. The van der Waals surface area contributed by atoms with E-state index in [-0.39, 0.29) is 11.8 Å². The van der Waals surface area contributed by atoms with Crippen molar-refractivity contribution in [1.29, 1.82) is 0 Å². The Bertz CT molecular complexity index is 158. The molecule has 0 aromatic heterocycles. The highest BCUT2D eigenvalue weighted by Gasteiger charge is 2.28. The highest BCUT2D eigenvalue weighted by atomic mass is 32.2. The van der Waals surface area contributed by atoms with Crippen LogP contribution < -0.4 is 5.32 Å². The van der Waals surface area contributed by atoms with Crippen molar-refractivity contribution in [1.82, 2.24) is 5.32 Å². The Morgan fingerprint density at radius 1 is 1.89 bits per heavy atom. The predicted octanol–water partition coefficient (Wildman–Crippen LogP) is -0.104. The third kappa shape index (κ3) is 1.35. The van der Waals surface area contributed by atoms with Gasteiger partial charge in [0.2, 0.25) is 0 Å². The molecular formula is C4H5NO3S. The number of carboxylic acid groups (broad SMARTS) is 1. The fraction of sp³-hybridized carbons (Fsp3) is 0.500. The minimum absolute atomic E-state index is 0.248. The van der Waals surface area contributed by atoms with E-state index in [9.17, 15) is 9.59 Å². The topological polar surface area (TPSA) is 66.4 Å². The van der Waals surface area contributed by atoms with Gasteiger partial charge in [-0.1, -0.05) is 0 Å². The maximum atomic E-state index is 10.3. The van der Waals surface area contributed by atoms with Gasteiger partial charge < -0.3 is 10.4 Å². The van der Waals surface area contributed by atoms with Crippen LogP contribution in [0, 0.1) is 0 Å². The summed E-state index contributed by atoms with van der Waals surface area (Å²) in [7, 11) is 0. The third-order valence-corrected chi connectivity index (χ3v) is 1.97. The monoisotopic (exact) mass is 147 g/mol. The first kappa shape index (κ1) is 6.41. The quantitative estimate of drug-likeness (QED) is 0.543. The molecule has 2 N–H and O–H groups in total. The maximum absolute atomic E-state index is 10.3. The number of hydrogen-bond acceptors (Lipinski definition) is 3. The smallest absolute Gasteiger partial charge is 0.318 e. The van der Waals surface area contributed by atoms with E-state index in [1.165, 1.54) is 0 Å². The molecule has 1 atom stereocenters. The van der Waals surface area contributed by atoms with Crippen LogP contribution in [0.5, 0.6) is 0 Å². The summed E-state index contributed by atoms with van der Waals surface area (Å²) in [6, 6.07) is 0. The molecule has 0 bridgehead atoms. The highest BCUT2D eigenvalue weighted by molar-refractivity contribution is 8.15. The molecule has 1 amide bonds. The van der Waals surface area contributed by atoms with Gasteiger partial charge in [-0.25, -0.2) is 0 Å².